The molecule has 6 heteroatoms. The van der Waals surface area contributed by atoms with Crippen molar-refractivity contribution in [1.82, 2.24) is 4.90 Å². The van der Waals surface area contributed by atoms with Gasteiger partial charge in [-0.05, 0) is 30.9 Å². The molecule has 1 atom stereocenters. The molecule has 2 rings (SSSR count). The van der Waals surface area contributed by atoms with Gasteiger partial charge in [0.05, 0.1) is 6.54 Å². The summed E-state index contributed by atoms with van der Waals surface area (Å²) in [5.74, 6) is 1.47. The summed E-state index contributed by atoms with van der Waals surface area (Å²) in [6, 6.07) is 6.10. The standard InChI is InChI=1S/C15H22FN3O.HI/c1-12-4-3-8-19(11-12)15(17)18-7-9-20-14-6-2-5-13(16)10-14;/h2,5-6,10,12H,3-4,7-9,11H2,1H3,(H2,17,18);1H. The Morgan fingerprint density at radius 1 is 1.52 bits per heavy atom. The normalized spacial score (nSPS) is 19.0. The van der Waals surface area contributed by atoms with E-state index in [9.17, 15) is 4.39 Å². The highest BCUT2D eigenvalue weighted by Crippen LogP contribution is 2.15. The molecule has 0 aliphatic carbocycles. The van der Waals surface area contributed by atoms with Crippen LogP contribution in [0, 0.1) is 11.7 Å². The molecule has 1 aliphatic rings. The molecule has 1 saturated heterocycles. The average molecular weight is 407 g/mol. The van der Waals surface area contributed by atoms with Crippen LogP contribution in [0.3, 0.4) is 0 Å². The van der Waals surface area contributed by atoms with Gasteiger partial charge in [-0.15, -0.1) is 24.0 Å². The Hall–Kier alpha value is -1.05. The number of nitrogens with zero attached hydrogens (tertiary/aromatic N) is 2. The summed E-state index contributed by atoms with van der Waals surface area (Å²) in [5.41, 5.74) is 5.97. The molecule has 0 saturated carbocycles. The van der Waals surface area contributed by atoms with Crippen LogP contribution in [0.4, 0.5) is 4.39 Å². The number of hydrogen-bond acceptors (Lipinski definition) is 2. The maximum absolute atomic E-state index is 12.9. The second-order valence-electron chi connectivity index (χ2n) is 5.24. The molecule has 21 heavy (non-hydrogen) atoms. The van der Waals surface area contributed by atoms with Crippen molar-refractivity contribution in [3.63, 3.8) is 0 Å². The van der Waals surface area contributed by atoms with Crippen LogP contribution in [0.15, 0.2) is 29.3 Å². The molecule has 0 amide bonds. The Bertz CT molecular complexity index is 470. The summed E-state index contributed by atoms with van der Waals surface area (Å²) in [7, 11) is 0. The second kappa shape index (κ2) is 9.07. The Balaban J connectivity index is 0.00000220. The van der Waals surface area contributed by atoms with Gasteiger partial charge in [0.2, 0.25) is 0 Å². The molecular formula is C15H23FIN3O. The summed E-state index contributed by atoms with van der Waals surface area (Å²) in [4.78, 5) is 6.44. The largest absolute Gasteiger partial charge is 0.492 e. The minimum absolute atomic E-state index is 0. The quantitative estimate of drug-likeness (QED) is 0.362. The third-order valence-corrected chi connectivity index (χ3v) is 3.41. The minimum atomic E-state index is -0.298. The average Bonchev–Trinajstić information content (AvgIpc) is 2.43. The Morgan fingerprint density at radius 2 is 2.33 bits per heavy atom. The van der Waals surface area contributed by atoms with Crippen LogP contribution < -0.4 is 10.5 Å². The van der Waals surface area contributed by atoms with Crippen molar-refractivity contribution >= 4 is 29.9 Å². The summed E-state index contributed by atoms with van der Waals surface area (Å²) in [6.07, 6.45) is 2.42. The minimum Gasteiger partial charge on any atom is -0.492 e. The van der Waals surface area contributed by atoms with E-state index in [2.05, 4.69) is 16.8 Å². The zero-order valence-corrected chi connectivity index (χ0v) is 14.6. The Kier molecular flexibility index (Phi) is 7.77. The van der Waals surface area contributed by atoms with Gasteiger partial charge in [-0.2, -0.15) is 0 Å². The van der Waals surface area contributed by atoms with E-state index in [1.54, 1.807) is 12.1 Å². The SMILES string of the molecule is CC1CCCN(C(N)=NCCOc2cccc(F)c2)C1.I. The first-order chi connectivity index (χ1) is 9.65. The van der Waals surface area contributed by atoms with E-state index < -0.39 is 0 Å². The van der Waals surface area contributed by atoms with Gasteiger partial charge in [0.15, 0.2) is 5.96 Å². The van der Waals surface area contributed by atoms with Crippen LogP contribution in [-0.4, -0.2) is 37.1 Å². The van der Waals surface area contributed by atoms with E-state index in [0.717, 1.165) is 19.5 Å². The number of halogens is 2. The van der Waals surface area contributed by atoms with Crippen LogP contribution in [0.2, 0.25) is 0 Å². The molecule has 1 unspecified atom stereocenters. The lowest BCUT2D eigenvalue weighted by Crippen LogP contribution is -2.43. The summed E-state index contributed by atoms with van der Waals surface area (Å²) >= 11 is 0. The zero-order valence-electron chi connectivity index (χ0n) is 12.3. The first-order valence-corrected chi connectivity index (χ1v) is 7.08. The van der Waals surface area contributed by atoms with E-state index in [1.807, 2.05) is 0 Å². The van der Waals surface area contributed by atoms with Crippen molar-refractivity contribution in [2.45, 2.75) is 19.8 Å². The van der Waals surface area contributed by atoms with E-state index in [4.69, 9.17) is 10.5 Å². The monoisotopic (exact) mass is 407 g/mol. The van der Waals surface area contributed by atoms with Crippen LogP contribution in [-0.2, 0) is 0 Å². The molecule has 1 fully saturated rings. The fourth-order valence-corrected chi connectivity index (χ4v) is 2.38. The molecule has 1 heterocycles. The summed E-state index contributed by atoms with van der Waals surface area (Å²) in [6.45, 7) is 5.05. The Labute approximate surface area is 142 Å². The number of piperidine rings is 1. The number of ether oxygens (including phenoxy) is 1. The molecule has 0 radical (unpaired) electrons. The third-order valence-electron chi connectivity index (χ3n) is 3.41. The molecule has 1 aromatic rings. The van der Waals surface area contributed by atoms with E-state index >= 15 is 0 Å². The predicted molar refractivity (Wildman–Crippen MR) is 93.8 cm³/mol. The zero-order chi connectivity index (χ0) is 14.4. The molecule has 2 N–H and O–H groups in total. The van der Waals surface area contributed by atoms with Crippen molar-refractivity contribution < 1.29 is 9.13 Å². The van der Waals surface area contributed by atoms with Crippen molar-refractivity contribution in [1.29, 1.82) is 0 Å². The highest BCUT2D eigenvalue weighted by molar-refractivity contribution is 14.0. The molecule has 0 spiro atoms. The lowest BCUT2D eigenvalue weighted by molar-refractivity contribution is 0.269. The number of aliphatic imine (C=N–C) groups is 1. The lowest BCUT2D eigenvalue weighted by Gasteiger charge is -2.31. The highest BCUT2D eigenvalue weighted by atomic mass is 127. The molecule has 4 nitrogen and oxygen atoms in total. The van der Waals surface area contributed by atoms with Crippen LogP contribution >= 0.6 is 24.0 Å². The fraction of sp³-hybridized carbons (Fsp3) is 0.533. The number of nitrogens with two attached hydrogens (primary N) is 1. The van der Waals surface area contributed by atoms with Gasteiger partial charge in [0.25, 0.3) is 0 Å². The highest BCUT2D eigenvalue weighted by Gasteiger charge is 2.17. The first-order valence-electron chi connectivity index (χ1n) is 7.08. The van der Waals surface area contributed by atoms with Crippen molar-refractivity contribution in [2.75, 3.05) is 26.2 Å². The third kappa shape index (κ3) is 6.07. The van der Waals surface area contributed by atoms with Crippen LogP contribution in [0.5, 0.6) is 5.75 Å². The van der Waals surface area contributed by atoms with E-state index in [-0.39, 0.29) is 29.8 Å². The lowest BCUT2D eigenvalue weighted by atomic mass is 10.0. The molecule has 0 aromatic heterocycles. The van der Waals surface area contributed by atoms with Crippen molar-refractivity contribution in [3.05, 3.63) is 30.1 Å². The van der Waals surface area contributed by atoms with Crippen LogP contribution in [0.25, 0.3) is 0 Å². The van der Waals surface area contributed by atoms with E-state index in [0.29, 0.717) is 30.8 Å². The summed E-state index contributed by atoms with van der Waals surface area (Å²) in [5, 5.41) is 0. The molecule has 1 aromatic carbocycles. The first kappa shape index (κ1) is 18.0. The maximum atomic E-state index is 12.9. The summed E-state index contributed by atoms with van der Waals surface area (Å²) < 4.78 is 18.4. The number of guanidine groups is 1. The molecular weight excluding hydrogens is 384 g/mol. The maximum Gasteiger partial charge on any atom is 0.191 e. The topological polar surface area (TPSA) is 50.8 Å². The molecule has 118 valence electrons. The second-order valence-corrected chi connectivity index (χ2v) is 5.24. The van der Waals surface area contributed by atoms with Gasteiger partial charge in [-0.3, -0.25) is 0 Å². The van der Waals surface area contributed by atoms with Gasteiger partial charge in [-0.1, -0.05) is 13.0 Å². The molecule has 0 bridgehead atoms. The molecule has 1 aliphatic heterocycles. The van der Waals surface area contributed by atoms with E-state index in [1.165, 1.54) is 18.6 Å². The van der Waals surface area contributed by atoms with Crippen molar-refractivity contribution in [3.8, 4) is 5.75 Å². The van der Waals surface area contributed by atoms with Crippen LogP contribution in [0.1, 0.15) is 19.8 Å². The van der Waals surface area contributed by atoms with Gasteiger partial charge in [0.1, 0.15) is 18.2 Å². The number of likely N-dealkylation sites (tertiary alicyclic amines) is 1. The van der Waals surface area contributed by atoms with Gasteiger partial charge >= 0.3 is 0 Å². The number of hydrogen-bond donors (Lipinski definition) is 1. The predicted octanol–water partition coefficient (Wildman–Crippen LogP) is 2.87. The van der Waals surface area contributed by atoms with Gasteiger partial charge in [-0.25, -0.2) is 9.38 Å². The fourth-order valence-electron chi connectivity index (χ4n) is 2.38. The Morgan fingerprint density at radius 3 is 3.05 bits per heavy atom. The number of benzene rings is 1. The number of rotatable bonds is 4. The van der Waals surface area contributed by atoms with Gasteiger partial charge in [0, 0.05) is 19.2 Å². The van der Waals surface area contributed by atoms with Gasteiger partial charge < -0.3 is 15.4 Å². The van der Waals surface area contributed by atoms with Crippen molar-refractivity contribution in [2.24, 2.45) is 16.6 Å². The smallest absolute Gasteiger partial charge is 0.191 e.